The van der Waals surface area contributed by atoms with Gasteiger partial charge in [-0.15, -0.1) is 0 Å². The second kappa shape index (κ2) is 4.52. The molecule has 0 bridgehead atoms. The van der Waals surface area contributed by atoms with Gasteiger partial charge in [-0.3, -0.25) is 0 Å². The summed E-state index contributed by atoms with van der Waals surface area (Å²) in [7, 11) is 3.43. The van der Waals surface area contributed by atoms with E-state index in [2.05, 4.69) is 4.98 Å². The van der Waals surface area contributed by atoms with Crippen molar-refractivity contribution in [2.24, 2.45) is 7.05 Å². The van der Waals surface area contributed by atoms with Gasteiger partial charge in [-0.1, -0.05) is 6.07 Å². The van der Waals surface area contributed by atoms with Crippen LogP contribution in [0.3, 0.4) is 0 Å². The average molecular weight is 271 g/mol. The van der Waals surface area contributed by atoms with E-state index in [1.807, 2.05) is 29.8 Å². The smallest absolute Gasteiger partial charge is 0.145 e. The number of ether oxygens (including phenoxy) is 1. The number of nitrogens with two attached hydrogens (primary N) is 1. The van der Waals surface area contributed by atoms with E-state index in [4.69, 9.17) is 10.5 Å². The average Bonchev–Trinajstić information content (AvgIpc) is 2.75. The first kappa shape index (κ1) is 12.5. The highest BCUT2D eigenvalue weighted by atomic mass is 19.1. The molecule has 1 aromatic heterocycles. The summed E-state index contributed by atoms with van der Waals surface area (Å²) in [6, 6.07) is 10.2. The van der Waals surface area contributed by atoms with Crippen LogP contribution in [0, 0.1) is 5.82 Å². The molecule has 0 unspecified atom stereocenters. The highest BCUT2D eigenvalue weighted by Gasteiger charge is 2.16. The maximum atomic E-state index is 14.0. The molecule has 1 heterocycles. The van der Waals surface area contributed by atoms with Crippen molar-refractivity contribution in [3.63, 3.8) is 0 Å². The minimum atomic E-state index is -0.379. The lowest BCUT2D eigenvalue weighted by Crippen LogP contribution is -1.99. The van der Waals surface area contributed by atoms with E-state index in [1.165, 1.54) is 6.07 Å². The van der Waals surface area contributed by atoms with Crippen LogP contribution >= 0.6 is 0 Å². The lowest BCUT2D eigenvalue weighted by molar-refractivity contribution is 0.415. The van der Waals surface area contributed by atoms with E-state index < -0.39 is 0 Å². The monoisotopic (exact) mass is 271 g/mol. The van der Waals surface area contributed by atoms with Crippen LogP contribution in [0.1, 0.15) is 0 Å². The minimum Gasteiger partial charge on any atom is -0.497 e. The summed E-state index contributed by atoms with van der Waals surface area (Å²) in [6.45, 7) is 0. The number of benzene rings is 2. The topological polar surface area (TPSA) is 53.1 Å². The molecule has 0 aliphatic carbocycles. The number of nitrogens with zero attached hydrogens (tertiary/aromatic N) is 2. The fourth-order valence-corrected chi connectivity index (χ4v) is 2.31. The van der Waals surface area contributed by atoms with E-state index in [-0.39, 0.29) is 5.82 Å². The predicted molar refractivity (Wildman–Crippen MR) is 77.1 cm³/mol. The van der Waals surface area contributed by atoms with Crippen molar-refractivity contribution in [2.75, 3.05) is 12.8 Å². The Morgan fingerprint density at radius 2 is 2.05 bits per heavy atom. The quantitative estimate of drug-likeness (QED) is 0.729. The number of anilines is 1. The van der Waals surface area contributed by atoms with Gasteiger partial charge in [-0.25, -0.2) is 9.37 Å². The number of aromatic nitrogens is 2. The van der Waals surface area contributed by atoms with Gasteiger partial charge < -0.3 is 15.0 Å². The van der Waals surface area contributed by atoms with Gasteiger partial charge in [0.15, 0.2) is 0 Å². The van der Waals surface area contributed by atoms with Gasteiger partial charge in [-0.2, -0.15) is 0 Å². The van der Waals surface area contributed by atoms with Crippen LogP contribution < -0.4 is 10.5 Å². The number of nitrogen functional groups attached to an aromatic ring is 1. The van der Waals surface area contributed by atoms with Gasteiger partial charge >= 0.3 is 0 Å². The first-order chi connectivity index (χ1) is 9.61. The van der Waals surface area contributed by atoms with E-state index in [0.717, 1.165) is 11.0 Å². The van der Waals surface area contributed by atoms with Gasteiger partial charge in [-0.05, 0) is 24.3 Å². The molecule has 0 saturated heterocycles. The molecule has 20 heavy (non-hydrogen) atoms. The zero-order valence-corrected chi connectivity index (χ0v) is 11.2. The number of fused-ring (bicyclic) bond motifs is 1. The first-order valence-corrected chi connectivity index (χ1v) is 6.16. The van der Waals surface area contributed by atoms with Crippen LogP contribution in [0.5, 0.6) is 5.75 Å². The van der Waals surface area contributed by atoms with Crippen LogP contribution in [0.15, 0.2) is 36.4 Å². The molecule has 4 nitrogen and oxygen atoms in total. The number of hydrogen-bond acceptors (Lipinski definition) is 3. The molecule has 0 aliphatic heterocycles. The molecule has 0 radical (unpaired) electrons. The van der Waals surface area contributed by atoms with Crippen LogP contribution in [-0.2, 0) is 7.05 Å². The summed E-state index contributed by atoms with van der Waals surface area (Å²) in [4.78, 5) is 4.48. The zero-order chi connectivity index (χ0) is 14.3. The number of hydrogen-bond donors (Lipinski definition) is 1. The molecular formula is C15H14FN3O. The molecule has 102 valence electrons. The number of rotatable bonds is 2. The van der Waals surface area contributed by atoms with Crippen molar-refractivity contribution in [3.8, 4) is 17.1 Å². The summed E-state index contributed by atoms with van der Waals surface area (Å²) in [5, 5.41) is 0. The molecule has 3 aromatic rings. The maximum absolute atomic E-state index is 14.0. The summed E-state index contributed by atoms with van der Waals surface area (Å²) in [6.07, 6.45) is 0. The maximum Gasteiger partial charge on any atom is 0.145 e. The minimum absolute atomic E-state index is 0.324. The fourth-order valence-electron chi connectivity index (χ4n) is 2.31. The Kier molecular flexibility index (Phi) is 2.82. The SMILES string of the molecule is COc1ccc2c(c1)nc(-c1c(N)cccc1F)n2C. The molecule has 0 spiro atoms. The Labute approximate surface area is 115 Å². The van der Waals surface area contributed by atoms with Gasteiger partial charge in [0.25, 0.3) is 0 Å². The number of methoxy groups -OCH3 is 1. The second-order valence-corrected chi connectivity index (χ2v) is 4.55. The van der Waals surface area contributed by atoms with Crippen molar-refractivity contribution >= 4 is 16.7 Å². The fraction of sp³-hybridized carbons (Fsp3) is 0.133. The highest BCUT2D eigenvalue weighted by Crippen LogP contribution is 2.31. The van der Waals surface area contributed by atoms with Gasteiger partial charge in [0, 0.05) is 18.8 Å². The van der Waals surface area contributed by atoms with E-state index >= 15 is 0 Å². The van der Waals surface area contributed by atoms with Crippen molar-refractivity contribution in [2.45, 2.75) is 0 Å². The largest absolute Gasteiger partial charge is 0.497 e. The number of imidazole rings is 1. The number of halogens is 1. The lowest BCUT2D eigenvalue weighted by Gasteiger charge is -2.07. The van der Waals surface area contributed by atoms with E-state index in [1.54, 1.807) is 19.2 Å². The Morgan fingerprint density at radius 3 is 2.75 bits per heavy atom. The Hall–Kier alpha value is -2.56. The van der Waals surface area contributed by atoms with Crippen LogP contribution in [-0.4, -0.2) is 16.7 Å². The summed E-state index contributed by atoms with van der Waals surface area (Å²) in [5.74, 6) is 0.836. The van der Waals surface area contributed by atoms with Crippen LogP contribution in [0.25, 0.3) is 22.4 Å². The van der Waals surface area contributed by atoms with Gasteiger partial charge in [0.05, 0.1) is 23.7 Å². The molecule has 0 saturated carbocycles. The standard InChI is InChI=1S/C15H14FN3O/c1-19-13-7-6-9(20-2)8-12(13)18-15(19)14-10(16)4-3-5-11(14)17/h3-8H,17H2,1-2H3. The second-order valence-electron chi connectivity index (χ2n) is 4.55. The summed E-state index contributed by atoms with van der Waals surface area (Å²) >= 11 is 0. The Balaban J connectivity index is 2.29. The summed E-state index contributed by atoms with van der Waals surface area (Å²) in [5.41, 5.74) is 8.21. The first-order valence-electron chi connectivity index (χ1n) is 6.16. The highest BCUT2D eigenvalue weighted by molar-refractivity contribution is 5.84. The van der Waals surface area contributed by atoms with E-state index in [9.17, 15) is 4.39 Å². The molecule has 0 amide bonds. The third kappa shape index (κ3) is 1.79. The van der Waals surface area contributed by atoms with Crippen molar-refractivity contribution < 1.29 is 9.13 Å². The molecule has 3 rings (SSSR count). The third-order valence-corrected chi connectivity index (χ3v) is 3.36. The molecule has 2 N–H and O–H groups in total. The van der Waals surface area contributed by atoms with E-state index in [0.29, 0.717) is 22.8 Å². The molecule has 0 aliphatic rings. The molecule has 0 fully saturated rings. The molecular weight excluding hydrogens is 257 g/mol. The molecule has 0 atom stereocenters. The molecule has 2 aromatic carbocycles. The van der Waals surface area contributed by atoms with Crippen molar-refractivity contribution in [1.29, 1.82) is 0 Å². The van der Waals surface area contributed by atoms with Gasteiger partial charge in [0.1, 0.15) is 17.4 Å². The van der Waals surface area contributed by atoms with Crippen molar-refractivity contribution in [3.05, 3.63) is 42.2 Å². The van der Waals surface area contributed by atoms with Gasteiger partial charge in [0.2, 0.25) is 0 Å². The van der Waals surface area contributed by atoms with Crippen LogP contribution in [0.2, 0.25) is 0 Å². The van der Waals surface area contributed by atoms with Crippen molar-refractivity contribution in [1.82, 2.24) is 9.55 Å². The third-order valence-electron chi connectivity index (χ3n) is 3.36. The Bertz CT molecular complexity index is 775. The number of aryl methyl sites for hydroxylation is 1. The van der Waals surface area contributed by atoms with Crippen LogP contribution in [0.4, 0.5) is 10.1 Å². The lowest BCUT2D eigenvalue weighted by atomic mass is 10.1. The normalized spacial score (nSPS) is 10.9. The Morgan fingerprint density at radius 1 is 1.25 bits per heavy atom. The predicted octanol–water partition coefficient (Wildman–Crippen LogP) is 2.97. The zero-order valence-electron chi connectivity index (χ0n) is 11.2. The molecule has 5 heteroatoms. The summed E-state index contributed by atoms with van der Waals surface area (Å²) < 4.78 is 21.0.